The quantitative estimate of drug-likeness (QED) is 0.517. The summed E-state index contributed by atoms with van der Waals surface area (Å²) in [6.07, 6.45) is 5.90. The maximum atomic E-state index is 10.8. The van der Waals surface area contributed by atoms with Gasteiger partial charge in [0, 0.05) is 37.3 Å². The zero-order valence-electron chi connectivity index (χ0n) is 16.8. The molecule has 0 amide bonds. The molecule has 1 aliphatic rings. The van der Waals surface area contributed by atoms with Crippen LogP contribution in [0.2, 0.25) is 0 Å². The second kappa shape index (κ2) is 7.72. The average Bonchev–Trinajstić information content (AvgIpc) is 3.29. The maximum absolute atomic E-state index is 10.8. The summed E-state index contributed by atoms with van der Waals surface area (Å²) < 4.78 is 1.69. The van der Waals surface area contributed by atoms with E-state index in [-0.39, 0.29) is 12.0 Å². The Kier molecular flexibility index (Phi) is 5.56. The van der Waals surface area contributed by atoms with Crippen molar-refractivity contribution in [2.75, 3.05) is 19.6 Å². The van der Waals surface area contributed by atoms with Crippen LogP contribution in [0.4, 0.5) is 0 Å². The van der Waals surface area contributed by atoms with Crippen LogP contribution in [-0.4, -0.2) is 40.5 Å². The van der Waals surface area contributed by atoms with E-state index in [1.807, 2.05) is 20.2 Å². The summed E-state index contributed by atoms with van der Waals surface area (Å²) in [6.45, 7) is 7.89. The Morgan fingerprint density at radius 2 is 2.07 bits per heavy atom. The first-order valence-electron chi connectivity index (χ1n) is 9.66. The van der Waals surface area contributed by atoms with Crippen molar-refractivity contribution in [2.24, 2.45) is 12.0 Å². The summed E-state index contributed by atoms with van der Waals surface area (Å²) in [5.41, 5.74) is 2.69. The predicted octanol–water partition coefficient (Wildman–Crippen LogP) is 2.22. The number of benzene rings is 1. The minimum atomic E-state index is -1.05. The number of rotatable bonds is 7. The Morgan fingerprint density at radius 3 is 2.67 bits per heavy atom. The van der Waals surface area contributed by atoms with Gasteiger partial charge in [-0.2, -0.15) is 5.10 Å². The summed E-state index contributed by atoms with van der Waals surface area (Å²) in [6, 6.07) is 8.63. The molecule has 6 nitrogen and oxygen atoms in total. The van der Waals surface area contributed by atoms with Crippen LogP contribution in [0, 0.1) is 6.92 Å². The Labute approximate surface area is 161 Å². The topological polar surface area (TPSA) is 74.5 Å². The minimum absolute atomic E-state index is 0.202. The average molecular weight is 370 g/mol. The Morgan fingerprint density at radius 1 is 1.33 bits per heavy atom. The second-order valence-electron chi connectivity index (χ2n) is 7.82. The number of hydrogen-bond acceptors (Lipinski definition) is 3. The fourth-order valence-electron chi connectivity index (χ4n) is 3.48. The number of guanidine groups is 1. The molecule has 1 saturated carbocycles. The van der Waals surface area contributed by atoms with Gasteiger partial charge in [-0.05, 0) is 44.7 Å². The molecule has 1 heterocycles. The van der Waals surface area contributed by atoms with Crippen LogP contribution in [0.1, 0.15) is 43.4 Å². The molecule has 0 spiro atoms. The van der Waals surface area contributed by atoms with Gasteiger partial charge in [-0.25, -0.2) is 4.99 Å². The highest BCUT2D eigenvalue weighted by Crippen LogP contribution is 2.48. The van der Waals surface area contributed by atoms with Crippen LogP contribution in [-0.2, 0) is 18.1 Å². The molecule has 1 aromatic heterocycles. The summed E-state index contributed by atoms with van der Waals surface area (Å²) in [7, 11) is 1.84. The van der Waals surface area contributed by atoms with Gasteiger partial charge in [0.25, 0.3) is 0 Å². The summed E-state index contributed by atoms with van der Waals surface area (Å²) >= 11 is 0. The van der Waals surface area contributed by atoms with Gasteiger partial charge in [-0.15, -0.1) is 0 Å². The number of nitrogens with zero attached hydrogens (tertiary/aromatic N) is 3. The van der Waals surface area contributed by atoms with Gasteiger partial charge in [0.05, 0.1) is 12.7 Å². The maximum Gasteiger partial charge on any atom is 0.191 e. The zero-order chi connectivity index (χ0) is 19.5. The van der Waals surface area contributed by atoms with Gasteiger partial charge < -0.3 is 15.7 Å². The normalized spacial score (nSPS) is 18.0. The molecule has 2 aromatic rings. The van der Waals surface area contributed by atoms with Crippen LogP contribution in [0.15, 0.2) is 41.7 Å². The molecule has 146 valence electrons. The highest BCUT2D eigenvalue weighted by atomic mass is 16.3. The Bertz CT molecular complexity index is 804. The lowest BCUT2D eigenvalue weighted by Gasteiger charge is -2.23. The molecule has 27 heavy (non-hydrogen) atoms. The standard InChI is InChI=1S/C21H31N5O/c1-5-22-19(23-14-20(3,27)17-12-25-26(4)13-17)24-15-21(10-11-21)18-9-7-6-8-16(18)2/h6-9,12-13,27H,5,10-11,14-15H2,1-4H3,(H2,22,23,24). The van der Waals surface area contributed by atoms with Gasteiger partial charge in [0.1, 0.15) is 5.60 Å². The van der Waals surface area contributed by atoms with E-state index in [1.54, 1.807) is 17.8 Å². The summed E-state index contributed by atoms with van der Waals surface area (Å²) in [4.78, 5) is 4.63. The molecule has 0 radical (unpaired) electrons. The van der Waals surface area contributed by atoms with Crippen LogP contribution >= 0.6 is 0 Å². The molecule has 1 unspecified atom stereocenters. The molecule has 1 aliphatic carbocycles. The number of nitrogens with one attached hydrogen (secondary N) is 2. The Hall–Kier alpha value is -2.34. The molecule has 6 heteroatoms. The van der Waals surface area contributed by atoms with Crippen LogP contribution in [0.25, 0.3) is 0 Å². The first kappa shape index (κ1) is 19.4. The third kappa shape index (κ3) is 4.50. The smallest absolute Gasteiger partial charge is 0.191 e. The van der Waals surface area contributed by atoms with Crippen molar-refractivity contribution >= 4 is 5.96 Å². The number of aromatic nitrogens is 2. The van der Waals surface area contributed by atoms with Crippen molar-refractivity contribution < 1.29 is 5.11 Å². The molecule has 3 N–H and O–H groups in total. The summed E-state index contributed by atoms with van der Waals surface area (Å²) in [5.74, 6) is 0.738. The highest BCUT2D eigenvalue weighted by Gasteiger charge is 2.44. The van der Waals surface area contributed by atoms with Gasteiger partial charge in [0.15, 0.2) is 5.96 Å². The molecule has 0 aliphatic heterocycles. The molecule has 1 atom stereocenters. The van der Waals surface area contributed by atoms with Crippen LogP contribution < -0.4 is 10.6 Å². The lowest BCUT2D eigenvalue weighted by Crippen LogP contribution is -2.42. The third-order valence-electron chi connectivity index (χ3n) is 5.38. The summed E-state index contributed by atoms with van der Waals surface area (Å²) in [5, 5.41) is 21.7. The Balaban J connectivity index is 1.67. The van der Waals surface area contributed by atoms with Crippen molar-refractivity contribution in [1.82, 2.24) is 20.4 Å². The molecular weight excluding hydrogens is 338 g/mol. The third-order valence-corrected chi connectivity index (χ3v) is 5.38. The van der Waals surface area contributed by atoms with E-state index in [0.717, 1.165) is 24.6 Å². The van der Waals surface area contributed by atoms with Crippen LogP contribution in [0.5, 0.6) is 0 Å². The number of aryl methyl sites for hydroxylation is 2. The largest absolute Gasteiger partial charge is 0.383 e. The fraction of sp³-hybridized carbons (Fsp3) is 0.524. The lowest BCUT2D eigenvalue weighted by atomic mass is 9.92. The first-order valence-corrected chi connectivity index (χ1v) is 9.66. The molecule has 3 rings (SSSR count). The van der Waals surface area contributed by atoms with Crippen molar-refractivity contribution in [1.29, 1.82) is 0 Å². The predicted molar refractivity (Wildman–Crippen MR) is 109 cm³/mol. The second-order valence-corrected chi connectivity index (χ2v) is 7.82. The van der Waals surface area contributed by atoms with Crippen molar-refractivity contribution in [3.05, 3.63) is 53.3 Å². The highest BCUT2D eigenvalue weighted by molar-refractivity contribution is 5.80. The van der Waals surface area contributed by atoms with E-state index >= 15 is 0 Å². The van der Waals surface area contributed by atoms with Gasteiger partial charge in [0.2, 0.25) is 0 Å². The lowest BCUT2D eigenvalue weighted by molar-refractivity contribution is 0.0672. The van der Waals surface area contributed by atoms with E-state index in [4.69, 9.17) is 0 Å². The number of aliphatic hydroxyl groups is 1. The van der Waals surface area contributed by atoms with Gasteiger partial charge in [-0.3, -0.25) is 4.68 Å². The van der Waals surface area contributed by atoms with Crippen molar-refractivity contribution in [3.8, 4) is 0 Å². The van der Waals surface area contributed by atoms with Gasteiger partial charge in [-0.1, -0.05) is 24.3 Å². The number of aliphatic imine (C=N–C) groups is 1. The van der Waals surface area contributed by atoms with E-state index in [0.29, 0.717) is 0 Å². The van der Waals surface area contributed by atoms with Crippen LogP contribution in [0.3, 0.4) is 0 Å². The number of hydrogen-bond donors (Lipinski definition) is 3. The molecular formula is C21H31N5O. The molecule has 1 fully saturated rings. The SMILES string of the molecule is CCNC(=NCC(C)(O)c1cnn(C)c1)NCC1(c2ccccc2C)CC1. The van der Waals surface area contributed by atoms with E-state index in [9.17, 15) is 5.11 Å². The van der Waals surface area contributed by atoms with Gasteiger partial charge >= 0.3 is 0 Å². The van der Waals surface area contributed by atoms with Crippen molar-refractivity contribution in [2.45, 2.75) is 44.6 Å². The fourth-order valence-corrected chi connectivity index (χ4v) is 3.48. The molecule has 1 aromatic carbocycles. The molecule has 0 saturated heterocycles. The van der Waals surface area contributed by atoms with Crippen molar-refractivity contribution in [3.63, 3.8) is 0 Å². The van der Waals surface area contributed by atoms with E-state index in [2.05, 4.69) is 51.9 Å². The first-order chi connectivity index (χ1) is 12.9. The zero-order valence-corrected chi connectivity index (χ0v) is 16.8. The molecule has 0 bridgehead atoms. The monoisotopic (exact) mass is 369 g/mol. The van der Waals surface area contributed by atoms with E-state index in [1.165, 1.54) is 24.0 Å². The van der Waals surface area contributed by atoms with E-state index < -0.39 is 5.60 Å². The minimum Gasteiger partial charge on any atom is -0.383 e.